The molecule has 0 saturated carbocycles. The van der Waals surface area contributed by atoms with Crippen LogP contribution >= 0.6 is 0 Å². The first-order valence-electron chi connectivity index (χ1n) is 7.40. The van der Waals surface area contributed by atoms with E-state index >= 15 is 0 Å². The molecule has 0 amide bonds. The number of hydrogen-bond acceptors (Lipinski definition) is 0. The molecular weight excluding hydrogens is 437 g/mol. The molecule has 0 heterocycles. The monoisotopic (exact) mass is 456 g/mol. The van der Waals surface area contributed by atoms with Gasteiger partial charge < -0.3 is 28.0 Å². The van der Waals surface area contributed by atoms with Crippen LogP contribution in [0.2, 0.25) is 0 Å². The maximum absolute atomic E-state index is 10.3. The van der Waals surface area contributed by atoms with Crippen LogP contribution in [0.25, 0.3) is 17.7 Å². The molecule has 7 heteroatoms. The van der Waals surface area contributed by atoms with Gasteiger partial charge >= 0.3 is 34.1 Å². The van der Waals surface area contributed by atoms with Crippen LogP contribution in [0.5, 0.6) is 0 Å². The number of nitrogens with one attached hydrogen (secondary N) is 1. The summed E-state index contributed by atoms with van der Waals surface area (Å²) in [4.78, 5) is 4.39. The number of aliphatic imine (C=N–C) groups is 1. The number of benzene rings is 3. The van der Waals surface area contributed by atoms with E-state index in [0.717, 1.165) is 11.3 Å². The minimum atomic E-state index is -0.0205. The van der Waals surface area contributed by atoms with Crippen LogP contribution in [0.1, 0.15) is 11.1 Å². The topological polar surface area (TPSA) is 114 Å². The Hall–Kier alpha value is -2.24. The molecule has 0 aliphatic heterocycles. The Morgan fingerprint density at radius 2 is 1.04 bits per heavy atom. The predicted octanol–water partition coefficient (Wildman–Crippen LogP) is 5.99. The van der Waals surface area contributed by atoms with E-state index in [-0.39, 0.29) is 52.3 Å². The largest absolute Gasteiger partial charge is 2.00 e. The second-order valence-corrected chi connectivity index (χ2v) is 5.01. The smallest absolute Gasteiger partial charge is 0.693 e. The first-order valence-corrected chi connectivity index (χ1v) is 7.40. The molecule has 3 aromatic rings. The standard InChI is InChI=1S/C20H16N3.2Cu.2H2N/c21-19(16-10-4-1-5-11-16)23-20(17-12-6-2-7-13-17)22-18-14-8-3-9-15-18;;;;/h1-15H,(H-,21,22,23);;;2*1H2/q-1;2*+2;2*-1. The van der Waals surface area contributed by atoms with Crippen molar-refractivity contribution < 1.29 is 34.1 Å². The third kappa shape index (κ3) is 7.89. The number of hydrogen-bond donors (Lipinski definition) is 1. The Morgan fingerprint density at radius 3 is 1.52 bits per heavy atom. The Kier molecular flexibility index (Phi) is 13.9. The van der Waals surface area contributed by atoms with E-state index in [0.29, 0.717) is 11.4 Å². The zero-order valence-corrected chi connectivity index (χ0v) is 16.2. The van der Waals surface area contributed by atoms with E-state index < -0.39 is 0 Å². The van der Waals surface area contributed by atoms with E-state index in [4.69, 9.17) is 0 Å². The van der Waals surface area contributed by atoms with Crippen molar-refractivity contribution >= 4 is 17.4 Å². The molecule has 0 atom stereocenters. The maximum Gasteiger partial charge on any atom is 2.00 e. The normalized spacial score (nSPS) is 9.41. The molecule has 0 aliphatic carbocycles. The number of para-hydroxylation sites is 1. The van der Waals surface area contributed by atoms with Crippen molar-refractivity contribution in [3.05, 3.63) is 120 Å². The fourth-order valence-electron chi connectivity index (χ4n) is 2.18. The summed E-state index contributed by atoms with van der Waals surface area (Å²) >= 11 is 0. The first kappa shape index (κ1) is 27.0. The van der Waals surface area contributed by atoms with E-state index in [1.165, 1.54) is 0 Å². The van der Waals surface area contributed by atoms with Crippen molar-refractivity contribution in [2.75, 3.05) is 5.32 Å². The van der Waals surface area contributed by atoms with Gasteiger partial charge in [0.15, 0.2) is 0 Å². The zero-order valence-electron chi connectivity index (χ0n) is 14.3. The molecule has 3 aromatic carbocycles. The van der Waals surface area contributed by atoms with E-state index in [9.17, 15) is 5.41 Å². The molecule has 0 aromatic heterocycles. The van der Waals surface area contributed by atoms with Crippen molar-refractivity contribution in [3.8, 4) is 0 Å². The Balaban J connectivity index is 0. The van der Waals surface area contributed by atoms with E-state index in [1.54, 1.807) is 0 Å². The van der Waals surface area contributed by atoms with E-state index in [2.05, 4.69) is 10.3 Å². The third-order valence-corrected chi connectivity index (χ3v) is 3.33. The molecule has 0 bridgehead atoms. The van der Waals surface area contributed by atoms with Gasteiger partial charge in [0.1, 0.15) is 0 Å². The summed E-state index contributed by atoms with van der Waals surface area (Å²) in [7, 11) is 0. The van der Waals surface area contributed by atoms with Gasteiger partial charge in [-0.05, 0) is 23.3 Å². The maximum atomic E-state index is 10.3. The van der Waals surface area contributed by atoms with Gasteiger partial charge in [0.05, 0.1) is 0 Å². The predicted molar refractivity (Wildman–Crippen MR) is 108 cm³/mol. The Labute approximate surface area is 181 Å². The summed E-state index contributed by atoms with van der Waals surface area (Å²) in [5.41, 5.74) is 2.49. The van der Waals surface area contributed by atoms with E-state index in [1.807, 2.05) is 91.0 Å². The Morgan fingerprint density at radius 1 is 0.630 bits per heavy atom. The van der Waals surface area contributed by atoms with Crippen LogP contribution in [-0.4, -0.2) is 11.7 Å². The van der Waals surface area contributed by atoms with Crippen LogP contribution in [0.3, 0.4) is 0 Å². The van der Waals surface area contributed by atoms with Crippen LogP contribution < -0.4 is 5.32 Å². The molecule has 5 nitrogen and oxygen atoms in total. The quantitative estimate of drug-likeness (QED) is 0.290. The zero-order chi connectivity index (χ0) is 15.9. The summed E-state index contributed by atoms with van der Waals surface area (Å²) in [5, 5.41) is 13.6. The summed E-state index contributed by atoms with van der Waals surface area (Å²) in [6, 6.07) is 28.8. The Bertz CT molecular complexity index is 810. The average Bonchev–Trinajstić information content (AvgIpc) is 2.63. The van der Waals surface area contributed by atoms with Gasteiger partial charge in [-0.1, -0.05) is 84.7 Å². The molecule has 0 spiro atoms. The fourth-order valence-corrected chi connectivity index (χ4v) is 2.18. The molecule has 146 valence electrons. The summed E-state index contributed by atoms with van der Waals surface area (Å²) < 4.78 is 0. The average molecular weight is 458 g/mol. The van der Waals surface area contributed by atoms with Gasteiger partial charge in [0.25, 0.3) is 0 Å². The number of nitrogens with two attached hydrogens (primary N) is 2. The number of nitrogens with zero attached hydrogens (tertiary/aromatic N) is 2. The number of amidine groups is 2. The minimum absolute atomic E-state index is 0. The summed E-state index contributed by atoms with van der Waals surface area (Å²) in [6.45, 7) is 0. The van der Waals surface area contributed by atoms with Gasteiger partial charge in [0, 0.05) is 11.5 Å². The van der Waals surface area contributed by atoms with Crippen LogP contribution in [0, 0.1) is 0 Å². The second kappa shape index (κ2) is 13.9. The van der Waals surface area contributed by atoms with Crippen molar-refractivity contribution in [2.24, 2.45) is 4.99 Å². The van der Waals surface area contributed by atoms with Crippen molar-refractivity contribution in [1.29, 1.82) is 0 Å². The first-order chi connectivity index (χ1) is 11.3. The number of anilines is 1. The van der Waals surface area contributed by atoms with Gasteiger partial charge in [-0.15, -0.1) is 0 Å². The summed E-state index contributed by atoms with van der Waals surface area (Å²) in [6.07, 6.45) is 0. The molecule has 0 unspecified atom stereocenters. The second-order valence-electron chi connectivity index (χ2n) is 5.01. The van der Waals surface area contributed by atoms with Gasteiger partial charge in [-0.2, -0.15) is 0 Å². The van der Waals surface area contributed by atoms with Crippen molar-refractivity contribution in [3.63, 3.8) is 0 Å². The van der Waals surface area contributed by atoms with Crippen molar-refractivity contribution in [1.82, 2.24) is 0 Å². The van der Waals surface area contributed by atoms with Crippen molar-refractivity contribution in [2.45, 2.75) is 0 Å². The van der Waals surface area contributed by atoms with Crippen LogP contribution in [0.4, 0.5) is 5.69 Å². The molecule has 3 rings (SSSR count). The SMILES string of the molecule is [Cu+2].[Cu+2].[N-]=C(N=C(Nc1ccccc1)c1ccccc1)c1ccccc1.[NH2-].[NH2-]. The van der Waals surface area contributed by atoms with Gasteiger partial charge in [-0.3, -0.25) is 0 Å². The third-order valence-electron chi connectivity index (χ3n) is 3.33. The molecule has 0 fully saturated rings. The minimum Gasteiger partial charge on any atom is -0.693 e. The van der Waals surface area contributed by atoms with Gasteiger partial charge in [-0.25, -0.2) is 0 Å². The molecule has 0 saturated heterocycles. The van der Waals surface area contributed by atoms with Gasteiger partial charge in [0.2, 0.25) is 0 Å². The van der Waals surface area contributed by atoms with Crippen LogP contribution in [0.15, 0.2) is 96.0 Å². The molecular formula is C20H20Cu2N5+. The fraction of sp³-hybridized carbons (Fsp3) is 0. The van der Waals surface area contributed by atoms with Crippen LogP contribution in [-0.2, 0) is 34.1 Å². The molecule has 5 N–H and O–H groups in total. The molecule has 0 aliphatic rings. The molecule has 27 heavy (non-hydrogen) atoms. The summed E-state index contributed by atoms with van der Waals surface area (Å²) in [5.74, 6) is 0.575. The number of rotatable bonds is 3. The molecule has 2 radical (unpaired) electrons.